The summed E-state index contributed by atoms with van der Waals surface area (Å²) in [6.45, 7) is 2.50. The average Bonchev–Trinajstić information content (AvgIpc) is 3.43. The molecule has 1 aromatic carbocycles. The van der Waals surface area contributed by atoms with Gasteiger partial charge in [0, 0.05) is 42.4 Å². The number of aromatic nitrogens is 2. The number of imidazole rings is 1. The maximum Gasteiger partial charge on any atom is 0.387 e. The lowest BCUT2D eigenvalue weighted by Gasteiger charge is -2.37. The van der Waals surface area contributed by atoms with Gasteiger partial charge in [0.05, 0.1) is 38.8 Å². The third kappa shape index (κ3) is 5.51. The van der Waals surface area contributed by atoms with Gasteiger partial charge >= 0.3 is 6.61 Å². The molecule has 39 heavy (non-hydrogen) atoms. The van der Waals surface area contributed by atoms with Crippen LogP contribution in [0.15, 0.2) is 36.7 Å². The monoisotopic (exact) mass is 542 g/mol. The number of rotatable bonds is 11. The van der Waals surface area contributed by atoms with Crippen molar-refractivity contribution < 1.29 is 32.5 Å². The lowest BCUT2D eigenvalue weighted by atomic mass is 9.85. The molecule has 0 atom stereocenters. The van der Waals surface area contributed by atoms with Crippen LogP contribution in [0.2, 0.25) is 0 Å². The summed E-state index contributed by atoms with van der Waals surface area (Å²) in [4.78, 5) is 19.8. The molecule has 3 aromatic rings. The second-order valence-electron chi connectivity index (χ2n) is 10.6. The zero-order valence-electron chi connectivity index (χ0n) is 21.8. The number of alkyl halides is 2. The molecule has 208 valence electrons. The van der Waals surface area contributed by atoms with Crippen molar-refractivity contribution in [3.8, 4) is 28.5 Å². The predicted molar refractivity (Wildman–Crippen MR) is 139 cm³/mol. The number of likely N-dealkylation sites (tertiary alicyclic amines) is 1. The number of pyridine rings is 1. The number of amides is 1. The van der Waals surface area contributed by atoms with E-state index in [9.17, 15) is 13.6 Å². The number of hydrogen-bond acceptors (Lipinski definition) is 7. The van der Waals surface area contributed by atoms with E-state index in [-0.39, 0.29) is 23.1 Å². The number of halogens is 2. The summed E-state index contributed by atoms with van der Waals surface area (Å²) in [5.41, 5.74) is 2.13. The number of benzene rings is 1. The molecular weight excluding hydrogens is 510 g/mol. The number of hydrogen-bond donors (Lipinski definition) is 1. The van der Waals surface area contributed by atoms with E-state index >= 15 is 0 Å². The predicted octanol–water partition coefficient (Wildman–Crippen LogP) is 3.99. The van der Waals surface area contributed by atoms with Gasteiger partial charge in [-0.3, -0.25) is 9.20 Å². The molecule has 2 aliphatic heterocycles. The maximum absolute atomic E-state index is 13.3. The Morgan fingerprint density at radius 3 is 2.77 bits per heavy atom. The molecule has 1 aliphatic carbocycles. The molecule has 2 saturated heterocycles. The molecule has 6 rings (SSSR count). The Morgan fingerprint density at radius 2 is 2.08 bits per heavy atom. The highest BCUT2D eigenvalue weighted by Gasteiger charge is 2.44. The van der Waals surface area contributed by atoms with Crippen molar-refractivity contribution in [1.82, 2.24) is 19.6 Å². The smallest absolute Gasteiger partial charge is 0.387 e. The minimum Gasteiger partial charge on any atom is -0.496 e. The van der Waals surface area contributed by atoms with E-state index in [1.165, 1.54) is 19.6 Å². The quantitative estimate of drug-likeness (QED) is 0.367. The minimum absolute atomic E-state index is 0.0474. The van der Waals surface area contributed by atoms with Gasteiger partial charge in [0.15, 0.2) is 0 Å². The third-order valence-electron chi connectivity index (χ3n) is 7.64. The van der Waals surface area contributed by atoms with Crippen LogP contribution in [0.25, 0.3) is 16.9 Å². The molecule has 1 spiro atoms. The minimum atomic E-state index is -3.10. The van der Waals surface area contributed by atoms with E-state index in [0.29, 0.717) is 34.7 Å². The normalized spacial score (nSPS) is 18.5. The fourth-order valence-corrected chi connectivity index (χ4v) is 5.39. The van der Waals surface area contributed by atoms with Crippen molar-refractivity contribution in [2.24, 2.45) is 5.41 Å². The Bertz CT molecular complexity index is 1360. The molecule has 11 heteroatoms. The van der Waals surface area contributed by atoms with Crippen LogP contribution < -0.4 is 19.5 Å². The highest BCUT2D eigenvalue weighted by Crippen LogP contribution is 2.38. The van der Waals surface area contributed by atoms with Crippen LogP contribution in [-0.4, -0.2) is 79.4 Å². The van der Waals surface area contributed by atoms with Crippen LogP contribution >= 0.6 is 0 Å². The molecule has 1 amide bonds. The zero-order valence-corrected chi connectivity index (χ0v) is 21.8. The second kappa shape index (κ2) is 10.6. The summed E-state index contributed by atoms with van der Waals surface area (Å²) in [5.74, 6) is 0.0974. The number of nitrogens with one attached hydrogen (secondary N) is 1. The first-order valence-corrected chi connectivity index (χ1v) is 13.3. The van der Waals surface area contributed by atoms with Gasteiger partial charge in [0.25, 0.3) is 5.91 Å². The molecular formula is C28H32F2N4O5. The molecule has 9 nitrogen and oxygen atoms in total. The fourth-order valence-electron chi connectivity index (χ4n) is 5.39. The Morgan fingerprint density at radius 1 is 1.26 bits per heavy atom. The molecule has 1 saturated carbocycles. The van der Waals surface area contributed by atoms with Crippen LogP contribution in [0.4, 0.5) is 8.78 Å². The second-order valence-corrected chi connectivity index (χ2v) is 10.6. The Balaban J connectivity index is 1.16. The highest BCUT2D eigenvalue weighted by atomic mass is 19.3. The number of fused-ring (bicyclic) bond motifs is 1. The Hall–Kier alpha value is -3.44. The summed E-state index contributed by atoms with van der Waals surface area (Å²) < 4.78 is 50.0. The fraction of sp³-hybridized carbons (Fsp3) is 0.500. The number of carbonyl (C=O) groups excluding carboxylic acids is 1. The van der Waals surface area contributed by atoms with Gasteiger partial charge in [-0.25, -0.2) is 4.98 Å². The standard InChI is InChI=1S/C28H32F2N4O5/c1-36-22-11-18(12-23(39-27(29)30)25(22)26(35)32-19-3-4-19)21-14-31-24-13-20(5-8-34(21)24)38-10-2-7-33-9-6-28(15-33)16-37-17-28/h5,8,11-14,19,27H,2-4,6-7,9-10,15-17H2,1H3,(H,32,35). The number of methoxy groups -OCH3 is 1. The van der Waals surface area contributed by atoms with Crippen molar-refractivity contribution in [3.63, 3.8) is 0 Å². The number of carbonyl (C=O) groups is 1. The molecule has 3 fully saturated rings. The molecule has 0 radical (unpaired) electrons. The van der Waals surface area contributed by atoms with E-state index in [0.717, 1.165) is 52.1 Å². The van der Waals surface area contributed by atoms with Crippen LogP contribution in [0, 0.1) is 5.41 Å². The van der Waals surface area contributed by atoms with Gasteiger partial charge in [-0.2, -0.15) is 8.78 Å². The molecule has 0 bridgehead atoms. The van der Waals surface area contributed by atoms with Gasteiger partial charge in [-0.05, 0) is 50.4 Å². The van der Waals surface area contributed by atoms with Crippen molar-refractivity contribution in [2.45, 2.75) is 38.3 Å². The van der Waals surface area contributed by atoms with Gasteiger partial charge in [0.2, 0.25) is 0 Å². The van der Waals surface area contributed by atoms with Crippen molar-refractivity contribution in [2.75, 3.05) is 46.6 Å². The van der Waals surface area contributed by atoms with Crippen molar-refractivity contribution in [1.29, 1.82) is 0 Å². The largest absolute Gasteiger partial charge is 0.496 e. The maximum atomic E-state index is 13.3. The van der Waals surface area contributed by atoms with E-state index < -0.39 is 12.5 Å². The zero-order chi connectivity index (χ0) is 27.0. The SMILES string of the molecule is COc1cc(-c2cnc3cc(OCCCN4CCC5(COC5)C4)ccn23)cc(OC(F)F)c1C(=O)NC1CC1. The van der Waals surface area contributed by atoms with Gasteiger partial charge < -0.3 is 29.2 Å². The molecule has 2 aromatic heterocycles. The van der Waals surface area contributed by atoms with Gasteiger partial charge in [-0.1, -0.05) is 0 Å². The van der Waals surface area contributed by atoms with Crippen molar-refractivity contribution in [3.05, 3.63) is 42.2 Å². The van der Waals surface area contributed by atoms with Crippen molar-refractivity contribution >= 4 is 11.6 Å². The van der Waals surface area contributed by atoms with E-state index in [2.05, 4.69) is 15.2 Å². The van der Waals surface area contributed by atoms with E-state index in [4.69, 9.17) is 18.9 Å². The highest BCUT2D eigenvalue weighted by molar-refractivity contribution is 6.01. The molecule has 1 N–H and O–H groups in total. The van der Waals surface area contributed by atoms with E-state index in [1.54, 1.807) is 12.3 Å². The number of nitrogens with zero attached hydrogens (tertiary/aromatic N) is 3. The topological polar surface area (TPSA) is 86.6 Å². The average molecular weight is 543 g/mol. The van der Waals surface area contributed by atoms with Crippen LogP contribution in [0.3, 0.4) is 0 Å². The third-order valence-corrected chi connectivity index (χ3v) is 7.64. The Kier molecular flexibility index (Phi) is 7.03. The summed E-state index contributed by atoms with van der Waals surface area (Å²) in [5, 5.41) is 2.81. The van der Waals surface area contributed by atoms with Crippen LogP contribution in [0.1, 0.15) is 36.0 Å². The van der Waals surface area contributed by atoms with E-state index in [1.807, 2.05) is 22.7 Å². The van der Waals surface area contributed by atoms with Crippen LogP contribution in [-0.2, 0) is 4.74 Å². The Labute approximate surface area is 225 Å². The first-order chi connectivity index (χ1) is 18.9. The summed E-state index contributed by atoms with van der Waals surface area (Å²) in [6.07, 6.45) is 7.32. The summed E-state index contributed by atoms with van der Waals surface area (Å²) >= 11 is 0. The van der Waals surface area contributed by atoms with Crippen LogP contribution in [0.5, 0.6) is 17.2 Å². The van der Waals surface area contributed by atoms with Gasteiger partial charge in [0.1, 0.15) is 28.5 Å². The summed E-state index contributed by atoms with van der Waals surface area (Å²) in [6, 6.07) is 6.78. The lowest BCUT2D eigenvalue weighted by molar-refractivity contribution is -0.105. The summed E-state index contributed by atoms with van der Waals surface area (Å²) in [7, 11) is 1.39. The molecule has 3 aliphatic rings. The first kappa shape index (κ1) is 25.8. The number of ether oxygens (including phenoxy) is 4. The van der Waals surface area contributed by atoms with Gasteiger partial charge in [-0.15, -0.1) is 0 Å². The molecule has 4 heterocycles. The molecule has 0 unspecified atom stereocenters. The lowest BCUT2D eigenvalue weighted by Crippen LogP contribution is -2.44. The first-order valence-electron chi connectivity index (χ1n) is 13.3.